The molecule has 0 unspecified atom stereocenters. The zero-order valence-corrected chi connectivity index (χ0v) is 38.4. The van der Waals surface area contributed by atoms with Crippen LogP contribution in [0.1, 0.15) is 22.3 Å². The Balaban J connectivity index is 1.14. The second kappa shape index (κ2) is 15.8. The maximum Gasteiger partial charge on any atom is 0.0736 e. The van der Waals surface area contributed by atoms with Gasteiger partial charge in [0.05, 0.1) is 27.7 Å². The summed E-state index contributed by atoms with van der Waals surface area (Å²) in [6.45, 7) is 0. The maximum absolute atomic E-state index is 2.49. The number of fused-ring (bicyclic) bond motifs is 14. The number of nitrogens with zero attached hydrogens (tertiary/aromatic N) is 3. The summed E-state index contributed by atoms with van der Waals surface area (Å²) in [6.07, 6.45) is 0. The first kappa shape index (κ1) is 39.6. The average molecular weight is 898 g/mol. The topological polar surface area (TPSA) is 13.1 Å². The van der Waals surface area contributed by atoms with E-state index in [0.717, 1.165) is 50.5 Å². The summed E-state index contributed by atoms with van der Waals surface area (Å²) in [5, 5.41) is 4.76. The van der Waals surface area contributed by atoms with Gasteiger partial charge in [-0.3, -0.25) is 0 Å². The van der Waals surface area contributed by atoms with Gasteiger partial charge in [0.25, 0.3) is 0 Å². The number of anilines is 3. The maximum atomic E-state index is 2.49. The smallest absolute Gasteiger partial charge is 0.0736 e. The molecule has 0 atom stereocenters. The predicted molar refractivity (Wildman–Crippen MR) is 289 cm³/mol. The quantitative estimate of drug-likeness (QED) is 0.171. The van der Waals surface area contributed by atoms with Crippen LogP contribution in [0.2, 0.25) is 0 Å². The van der Waals surface area contributed by atoms with Crippen LogP contribution in [0.3, 0.4) is 0 Å². The van der Waals surface area contributed by atoms with Crippen molar-refractivity contribution in [3.8, 4) is 22.5 Å². The molecule has 3 nitrogen and oxygen atoms in total. The molecular formula is C65H43N3S. The molecule has 0 N–H and O–H groups in total. The van der Waals surface area contributed by atoms with Crippen molar-refractivity contribution in [1.82, 2.24) is 9.13 Å². The van der Waals surface area contributed by atoms with Crippen LogP contribution < -0.4 is 4.90 Å². The Morgan fingerprint density at radius 3 is 1.64 bits per heavy atom. The number of hydrogen-bond donors (Lipinski definition) is 0. The number of aromatic nitrogens is 2. The molecule has 1 spiro atoms. The molecule has 324 valence electrons. The van der Waals surface area contributed by atoms with Crippen molar-refractivity contribution in [2.45, 2.75) is 15.2 Å². The van der Waals surface area contributed by atoms with Crippen LogP contribution >= 0.6 is 11.8 Å². The van der Waals surface area contributed by atoms with E-state index in [-0.39, 0.29) is 0 Å². The molecule has 0 saturated heterocycles. The van der Waals surface area contributed by atoms with Crippen molar-refractivity contribution in [3.05, 3.63) is 283 Å². The molecule has 1 aliphatic carbocycles. The molecule has 2 heterocycles. The van der Waals surface area contributed by atoms with Crippen molar-refractivity contribution in [1.29, 1.82) is 0 Å². The summed E-state index contributed by atoms with van der Waals surface area (Å²) in [5.74, 6) is 0. The Hall–Kier alpha value is -8.57. The van der Waals surface area contributed by atoms with Crippen LogP contribution in [-0.2, 0) is 5.41 Å². The second-order valence-corrected chi connectivity index (χ2v) is 19.2. The van der Waals surface area contributed by atoms with Gasteiger partial charge in [0, 0.05) is 43.4 Å². The number of rotatable bonds is 5. The molecule has 14 rings (SSSR count). The molecule has 4 heteroatoms. The van der Waals surface area contributed by atoms with Crippen LogP contribution in [0.5, 0.6) is 0 Å². The van der Waals surface area contributed by atoms with E-state index in [2.05, 4.69) is 275 Å². The molecule has 4 bridgehead atoms. The Morgan fingerprint density at radius 1 is 0.319 bits per heavy atom. The first-order valence-electron chi connectivity index (χ1n) is 23.7. The lowest BCUT2D eigenvalue weighted by Gasteiger charge is -2.40. The van der Waals surface area contributed by atoms with Crippen molar-refractivity contribution >= 4 is 72.4 Å². The van der Waals surface area contributed by atoms with Crippen molar-refractivity contribution in [3.63, 3.8) is 0 Å². The fraction of sp³-hybridized carbons (Fsp3) is 0.0154. The van der Waals surface area contributed by atoms with Crippen LogP contribution in [-0.4, -0.2) is 9.13 Å². The Kier molecular flexibility index (Phi) is 9.05. The van der Waals surface area contributed by atoms with E-state index in [1.165, 1.54) is 64.7 Å². The van der Waals surface area contributed by atoms with E-state index in [9.17, 15) is 0 Å². The molecule has 1 aliphatic heterocycles. The zero-order chi connectivity index (χ0) is 45.5. The van der Waals surface area contributed by atoms with Gasteiger partial charge < -0.3 is 14.0 Å². The highest BCUT2D eigenvalue weighted by Crippen LogP contribution is 2.62. The molecule has 0 fully saturated rings. The number of hydrogen-bond acceptors (Lipinski definition) is 2. The summed E-state index contributed by atoms with van der Waals surface area (Å²) in [4.78, 5) is 5.03. The predicted octanol–water partition coefficient (Wildman–Crippen LogP) is 17.3. The molecular weight excluding hydrogens is 855 g/mol. The molecule has 12 aromatic rings. The highest BCUT2D eigenvalue weighted by Gasteiger charge is 2.50. The normalized spacial score (nSPS) is 13.0. The Bertz CT molecular complexity index is 4010. The third kappa shape index (κ3) is 6.09. The minimum Gasteiger partial charge on any atom is -0.310 e. The summed E-state index contributed by atoms with van der Waals surface area (Å²) < 4.78 is 4.87. The minimum atomic E-state index is -0.517. The minimum absolute atomic E-state index is 0.517. The summed E-state index contributed by atoms with van der Waals surface area (Å²) in [6, 6.07) is 96.6. The third-order valence-corrected chi connectivity index (χ3v) is 15.5. The SMILES string of the molecule is c1ccc(N(c2ccc3c(c2)C2(c4ccccc4S3)c3ccccc3-c3ccccc32)c2cc3cc(c2)n(-c2ccccc2)c2ccccc2c2cccc4ccc(cc42)n3-c2ccccc2)cc1. The monoisotopic (exact) mass is 897 g/mol. The van der Waals surface area contributed by atoms with E-state index in [1.807, 2.05) is 11.8 Å². The standard InChI is InChI=1S/C65H43N3S/c1-4-20-45(21-5-1)66-48-36-35-44-19-18-29-53(57(44)42-48)56-28-12-16-33-62(56)68(47-24-8-3-9-25-47)52-40-50(66)39-51(41-52)67(46-22-6-2-7-23-46)49-37-38-64-61(43-49)65(60-32-15-17-34-63(60)69-64)58-30-13-10-26-54(58)55-27-11-14-31-59(55)65/h1-43H. The fourth-order valence-electron chi connectivity index (χ4n) is 11.5. The summed E-state index contributed by atoms with van der Waals surface area (Å²) in [7, 11) is 0. The van der Waals surface area contributed by atoms with Gasteiger partial charge >= 0.3 is 0 Å². The van der Waals surface area contributed by atoms with Gasteiger partial charge in [-0.15, -0.1) is 0 Å². The van der Waals surface area contributed by atoms with Crippen molar-refractivity contribution < 1.29 is 0 Å². The fourth-order valence-corrected chi connectivity index (χ4v) is 12.7. The first-order chi connectivity index (χ1) is 34.2. The molecule has 69 heavy (non-hydrogen) atoms. The largest absolute Gasteiger partial charge is 0.310 e. The van der Waals surface area contributed by atoms with E-state index < -0.39 is 5.41 Å². The van der Waals surface area contributed by atoms with Crippen molar-refractivity contribution in [2.24, 2.45) is 0 Å². The lowest BCUT2D eigenvalue weighted by Crippen LogP contribution is -2.32. The molecule has 2 aliphatic rings. The van der Waals surface area contributed by atoms with Gasteiger partial charge in [0.15, 0.2) is 0 Å². The van der Waals surface area contributed by atoms with Crippen LogP contribution in [0.25, 0.3) is 66.1 Å². The van der Waals surface area contributed by atoms with Gasteiger partial charge in [0.1, 0.15) is 0 Å². The van der Waals surface area contributed by atoms with Gasteiger partial charge in [-0.05, 0) is 147 Å². The molecule has 0 radical (unpaired) electrons. The van der Waals surface area contributed by atoms with Crippen LogP contribution in [0.15, 0.2) is 271 Å². The van der Waals surface area contributed by atoms with Crippen LogP contribution in [0.4, 0.5) is 17.1 Å². The van der Waals surface area contributed by atoms with Crippen LogP contribution in [0, 0.1) is 0 Å². The highest BCUT2D eigenvalue weighted by molar-refractivity contribution is 7.99. The molecule has 0 amide bonds. The molecule has 0 saturated carbocycles. The molecule has 11 aromatic carbocycles. The van der Waals surface area contributed by atoms with E-state index in [4.69, 9.17) is 0 Å². The second-order valence-electron chi connectivity index (χ2n) is 18.1. The average Bonchev–Trinajstić information content (AvgIpc) is 3.70. The molecule has 1 aromatic heterocycles. The van der Waals surface area contributed by atoms with E-state index >= 15 is 0 Å². The van der Waals surface area contributed by atoms with E-state index in [0.29, 0.717) is 0 Å². The Morgan fingerprint density at radius 2 is 0.899 bits per heavy atom. The Labute approximate surface area is 405 Å². The lowest BCUT2D eigenvalue weighted by molar-refractivity contribution is 0.722. The number of benzene rings is 11. The highest BCUT2D eigenvalue weighted by atomic mass is 32.2. The zero-order valence-electron chi connectivity index (χ0n) is 37.6. The first-order valence-corrected chi connectivity index (χ1v) is 24.5. The van der Waals surface area contributed by atoms with Gasteiger partial charge in [-0.1, -0.05) is 176 Å². The third-order valence-electron chi connectivity index (χ3n) is 14.4. The van der Waals surface area contributed by atoms with Gasteiger partial charge in [-0.25, -0.2) is 0 Å². The lowest BCUT2D eigenvalue weighted by atomic mass is 9.67. The van der Waals surface area contributed by atoms with E-state index in [1.54, 1.807) is 0 Å². The number of para-hydroxylation sites is 4. The van der Waals surface area contributed by atoms with Crippen molar-refractivity contribution in [2.75, 3.05) is 4.90 Å². The summed E-state index contributed by atoms with van der Waals surface area (Å²) >= 11 is 1.88. The van der Waals surface area contributed by atoms with Gasteiger partial charge in [0.2, 0.25) is 0 Å². The van der Waals surface area contributed by atoms with Gasteiger partial charge in [-0.2, -0.15) is 0 Å². The summed E-state index contributed by atoms with van der Waals surface area (Å²) in [5.41, 5.74) is 17.0.